The highest BCUT2D eigenvalue weighted by Gasteiger charge is 2.31. The largest absolute Gasteiger partial charge is 0.493 e. The van der Waals surface area contributed by atoms with E-state index in [1.165, 1.54) is 12.8 Å². The van der Waals surface area contributed by atoms with Crippen LogP contribution in [-0.2, 0) is 4.79 Å². The normalized spacial score (nSPS) is 21.9. The van der Waals surface area contributed by atoms with Crippen LogP contribution in [0.3, 0.4) is 0 Å². The maximum atomic E-state index is 12.3. The zero-order valence-electron chi connectivity index (χ0n) is 11.4. The van der Waals surface area contributed by atoms with E-state index in [-0.39, 0.29) is 30.3 Å². The van der Waals surface area contributed by atoms with Gasteiger partial charge in [-0.05, 0) is 31.2 Å². The molecule has 0 aromatic heterocycles. The molecule has 20 heavy (non-hydrogen) atoms. The van der Waals surface area contributed by atoms with Gasteiger partial charge >= 0.3 is 0 Å². The summed E-state index contributed by atoms with van der Waals surface area (Å²) in [4.78, 5) is 12.3. The van der Waals surface area contributed by atoms with E-state index in [1.54, 1.807) is 0 Å². The van der Waals surface area contributed by atoms with E-state index in [2.05, 4.69) is 5.32 Å². The van der Waals surface area contributed by atoms with Crippen molar-refractivity contribution in [3.05, 3.63) is 29.8 Å². The van der Waals surface area contributed by atoms with Crippen LogP contribution in [0.5, 0.6) is 5.75 Å². The summed E-state index contributed by atoms with van der Waals surface area (Å²) >= 11 is 0. The minimum Gasteiger partial charge on any atom is -0.493 e. The summed E-state index contributed by atoms with van der Waals surface area (Å²) in [5, 5.41) is 2.99. The van der Waals surface area contributed by atoms with Gasteiger partial charge in [0.05, 0.1) is 12.5 Å². The maximum absolute atomic E-state index is 12.3. The smallest absolute Gasteiger partial charge is 0.227 e. The van der Waals surface area contributed by atoms with Gasteiger partial charge in [-0.3, -0.25) is 4.79 Å². The van der Waals surface area contributed by atoms with E-state index in [0.717, 1.165) is 17.7 Å². The SMILES string of the molecule is Cl.NC(CNC(=O)C1CCOc2ccccc21)C1CC1. The Morgan fingerprint density at radius 3 is 2.85 bits per heavy atom. The minimum atomic E-state index is -0.101. The summed E-state index contributed by atoms with van der Waals surface area (Å²) in [5.41, 5.74) is 7.00. The second-order valence-corrected chi connectivity index (χ2v) is 5.47. The van der Waals surface area contributed by atoms with Gasteiger partial charge in [0.25, 0.3) is 0 Å². The third kappa shape index (κ3) is 3.25. The van der Waals surface area contributed by atoms with E-state index < -0.39 is 0 Å². The Labute approximate surface area is 125 Å². The van der Waals surface area contributed by atoms with Crippen molar-refractivity contribution in [2.75, 3.05) is 13.2 Å². The van der Waals surface area contributed by atoms with E-state index in [9.17, 15) is 4.79 Å². The Hall–Kier alpha value is -1.26. The molecule has 3 N–H and O–H groups in total. The summed E-state index contributed by atoms with van der Waals surface area (Å²) in [6.45, 7) is 1.19. The molecule has 1 aromatic rings. The van der Waals surface area contributed by atoms with Gasteiger partial charge < -0.3 is 15.8 Å². The predicted octanol–water partition coefficient (Wildman–Crippen LogP) is 1.83. The Bertz CT molecular complexity index is 477. The van der Waals surface area contributed by atoms with Gasteiger partial charge in [-0.1, -0.05) is 18.2 Å². The maximum Gasteiger partial charge on any atom is 0.227 e. The topological polar surface area (TPSA) is 64.3 Å². The van der Waals surface area contributed by atoms with E-state index in [0.29, 0.717) is 19.1 Å². The van der Waals surface area contributed by atoms with Crippen molar-refractivity contribution >= 4 is 18.3 Å². The van der Waals surface area contributed by atoms with E-state index >= 15 is 0 Å². The molecular formula is C15H21ClN2O2. The first kappa shape index (κ1) is 15.1. The molecule has 0 bridgehead atoms. The molecule has 1 aliphatic heterocycles. The number of ether oxygens (including phenoxy) is 1. The van der Waals surface area contributed by atoms with Gasteiger partial charge in [0.2, 0.25) is 5.91 Å². The first-order valence-electron chi connectivity index (χ1n) is 7.00. The number of nitrogens with one attached hydrogen (secondary N) is 1. The molecule has 0 saturated heterocycles. The molecular weight excluding hydrogens is 276 g/mol. The van der Waals surface area contributed by atoms with Gasteiger partial charge in [0.1, 0.15) is 5.75 Å². The number of rotatable bonds is 4. The summed E-state index contributed by atoms with van der Waals surface area (Å²) in [7, 11) is 0. The lowest BCUT2D eigenvalue weighted by atomic mass is 9.92. The fourth-order valence-electron chi connectivity index (χ4n) is 2.65. The number of carbonyl (C=O) groups is 1. The monoisotopic (exact) mass is 296 g/mol. The van der Waals surface area contributed by atoms with Crippen molar-refractivity contribution in [3.63, 3.8) is 0 Å². The summed E-state index contributed by atoms with van der Waals surface area (Å²) in [5.74, 6) is 1.42. The van der Waals surface area contributed by atoms with Gasteiger partial charge in [-0.25, -0.2) is 0 Å². The van der Waals surface area contributed by atoms with Gasteiger partial charge in [-0.15, -0.1) is 12.4 Å². The Kier molecular flexibility index (Phi) is 4.89. The van der Waals surface area contributed by atoms with Crippen molar-refractivity contribution in [1.82, 2.24) is 5.32 Å². The summed E-state index contributed by atoms with van der Waals surface area (Å²) in [6.07, 6.45) is 3.15. The molecule has 0 radical (unpaired) electrons. The lowest BCUT2D eigenvalue weighted by molar-refractivity contribution is -0.123. The van der Waals surface area contributed by atoms with E-state index in [4.69, 9.17) is 10.5 Å². The van der Waals surface area contributed by atoms with Crippen molar-refractivity contribution < 1.29 is 9.53 Å². The number of hydrogen-bond acceptors (Lipinski definition) is 3. The summed E-state index contributed by atoms with van der Waals surface area (Å²) in [6, 6.07) is 7.88. The second kappa shape index (κ2) is 6.46. The predicted molar refractivity (Wildman–Crippen MR) is 80.3 cm³/mol. The molecule has 1 aromatic carbocycles. The molecule has 110 valence electrons. The number of nitrogens with two attached hydrogens (primary N) is 1. The highest BCUT2D eigenvalue weighted by atomic mass is 35.5. The van der Waals surface area contributed by atoms with Crippen LogP contribution in [0, 0.1) is 5.92 Å². The number of fused-ring (bicyclic) bond motifs is 1. The van der Waals surface area contributed by atoms with Crippen LogP contribution in [0.1, 0.15) is 30.7 Å². The zero-order valence-corrected chi connectivity index (χ0v) is 12.2. The highest BCUT2D eigenvalue weighted by molar-refractivity contribution is 5.85. The van der Waals surface area contributed by atoms with Crippen molar-refractivity contribution in [3.8, 4) is 5.75 Å². The first-order chi connectivity index (χ1) is 9.25. The van der Waals surface area contributed by atoms with E-state index in [1.807, 2.05) is 24.3 Å². The second-order valence-electron chi connectivity index (χ2n) is 5.47. The van der Waals surface area contributed by atoms with Crippen LogP contribution < -0.4 is 15.8 Å². The lowest BCUT2D eigenvalue weighted by Gasteiger charge is -2.25. The number of benzene rings is 1. The van der Waals surface area contributed by atoms with Crippen LogP contribution in [0.15, 0.2) is 24.3 Å². The number of halogens is 1. The first-order valence-corrected chi connectivity index (χ1v) is 7.00. The fourth-order valence-corrected chi connectivity index (χ4v) is 2.65. The van der Waals surface area contributed by atoms with Crippen LogP contribution >= 0.6 is 12.4 Å². The fraction of sp³-hybridized carbons (Fsp3) is 0.533. The van der Waals surface area contributed by atoms with Crippen LogP contribution in [0.4, 0.5) is 0 Å². The van der Waals surface area contributed by atoms with Crippen molar-refractivity contribution in [2.45, 2.75) is 31.2 Å². The molecule has 4 nitrogen and oxygen atoms in total. The van der Waals surface area contributed by atoms with Crippen LogP contribution in [0.25, 0.3) is 0 Å². The van der Waals surface area contributed by atoms with Gasteiger partial charge in [0, 0.05) is 18.2 Å². The standard InChI is InChI=1S/C15H20N2O2.ClH/c16-13(10-5-6-10)9-17-15(18)12-7-8-19-14-4-2-1-3-11(12)14;/h1-4,10,12-13H,5-9,16H2,(H,17,18);1H. The number of hydrogen-bond donors (Lipinski definition) is 2. The third-order valence-electron chi connectivity index (χ3n) is 4.01. The average Bonchev–Trinajstić information content (AvgIpc) is 3.28. The Morgan fingerprint density at radius 2 is 2.10 bits per heavy atom. The highest BCUT2D eigenvalue weighted by Crippen LogP contribution is 2.34. The number of para-hydroxylation sites is 1. The van der Waals surface area contributed by atoms with Crippen LogP contribution in [0.2, 0.25) is 0 Å². The number of carbonyl (C=O) groups excluding carboxylic acids is 1. The molecule has 1 amide bonds. The quantitative estimate of drug-likeness (QED) is 0.891. The molecule has 0 spiro atoms. The Balaban J connectivity index is 0.00000147. The molecule has 1 fully saturated rings. The number of amides is 1. The lowest BCUT2D eigenvalue weighted by Crippen LogP contribution is -2.41. The average molecular weight is 297 g/mol. The minimum absolute atomic E-state index is 0. The molecule has 1 heterocycles. The summed E-state index contributed by atoms with van der Waals surface area (Å²) < 4.78 is 5.57. The molecule has 3 rings (SSSR count). The van der Waals surface area contributed by atoms with Gasteiger partial charge in [0.15, 0.2) is 0 Å². The zero-order chi connectivity index (χ0) is 13.2. The van der Waals surface area contributed by atoms with Gasteiger partial charge in [-0.2, -0.15) is 0 Å². The Morgan fingerprint density at radius 1 is 1.35 bits per heavy atom. The molecule has 1 saturated carbocycles. The molecule has 2 atom stereocenters. The van der Waals surface area contributed by atoms with Crippen LogP contribution in [-0.4, -0.2) is 25.1 Å². The van der Waals surface area contributed by atoms with Crippen molar-refractivity contribution in [1.29, 1.82) is 0 Å². The molecule has 2 unspecified atom stereocenters. The molecule has 1 aliphatic carbocycles. The third-order valence-corrected chi connectivity index (χ3v) is 4.01. The molecule has 2 aliphatic rings. The molecule has 5 heteroatoms. The van der Waals surface area contributed by atoms with Crippen molar-refractivity contribution in [2.24, 2.45) is 11.7 Å².